The van der Waals surface area contributed by atoms with Crippen molar-refractivity contribution in [3.05, 3.63) is 35.1 Å². The molecule has 0 amide bonds. The molecule has 0 aliphatic heterocycles. The van der Waals surface area contributed by atoms with E-state index in [1.807, 2.05) is 38.8 Å². The van der Waals surface area contributed by atoms with Gasteiger partial charge in [0.15, 0.2) is 6.29 Å². The molecule has 1 unspecified atom stereocenters. The number of aromatic nitrogens is 2. The lowest BCUT2D eigenvalue weighted by Crippen LogP contribution is -2.14. The number of anilines is 1. The molecule has 158 valence electrons. The van der Waals surface area contributed by atoms with Crippen molar-refractivity contribution in [1.29, 1.82) is 0 Å². The van der Waals surface area contributed by atoms with Crippen LogP contribution in [0, 0.1) is 0 Å². The van der Waals surface area contributed by atoms with Crippen LogP contribution in [0.4, 0.5) is 11.5 Å². The number of carbonyl (C=O) groups excluding carboxylic acids is 1. The van der Waals surface area contributed by atoms with Crippen molar-refractivity contribution in [2.45, 2.75) is 60.4 Å². The van der Waals surface area contributed by atoms with Crippen molar-refractivity contribution >= 4 is 45.7 Å². The maximum atomic E-state index is 11.5. The summed E-state index contributed by atoms with van der Waals surface area (Å²) in [4.78, 5) is 27.9. The number of carbonyl (C=O) groups is 1. The van der Waals surface area contributed by atoms with Crippen LogP contribution in [-0.2, 0) is 0 Å². The fourth-order valence-corrected chi connectivity index (χ4v) is 3.17. The summed E-state index contributed by atoms with van der Waals surface area (Å²) in [7, 11) is 1.92. The van der Waals surface area contributed by atoms with Gasteiger partial charge in [0.2, 0.25) is 0 Å². The number of fused-ring (bicyclic) bond motifs is 1. The fourth-order valence-electron chi connectivity index (χ4n) is 2.26. The molecule has 7 heteroatoms. The van der Waals surface area contributed by atoms with Gasteiger partial charge in [0, 0.05) is 18.8 Å². The van der Waals surface area contributed by atoms with E-state index in [4.69, 9.17) is 0 Å². The molecule has 0 bridgehead atoms. The van der Waals surface area contributed by atoms with E-state index in [0.717, 1.165) is 40.9 Å². The summed E-state index contributed by atoms with van der Waals surface area (Å²) >= 11 is 1.33. The Kier molecular flexibility index (Phi) is 10.8. The molecule has 2 rings (SSSR count). The second kappa shape index (κ2) is 12.8. The number of nitrogens with zero attached hydrogens (tertiary/aromatic N) is 4. The van der Waals surface area contributed by atoms with Gasteiger partial charge in [-0.2, -0.15) is 0 Å². The Labute approximate surface area is 178 Å². The topological polar surface area (TPSA) is 70.5 Å². The minimum absolute atomic E-state index is 0.271. The molecule has 6 nitrogen and oxygen atoms in total. The van der Waals surface area contributed by atoms with E-state index in [9.17, 15) is 4.79 Å². The zero-order chi connectivity index (χ0) is 21.8. The van der Waals surface area contributed by atoms with Gasteiger partial charge in [-0.1, -0.05) is 32.1 Å². The molecule has 1 atom stereocenters. The second-order valence-electron chi connectivity index (χ2n) is 6.55. The summed E-state index contributed by atoms with van der Waals surface area (Å²) in [5.74, 6) is 0.719. The smallest absolute Gasteiger partial charge is 0.162 e. The van der Waals surface area contributed by atoms with Crippen LogP contribution in [-0.4, -0.2) is 40.6 Å². The first kappa shape index (κ1) is 24.5. The molecule has 2 aromatic rings. The molecule has 0 saturated carbocycles. The molecular formula is C22H33N5OS. The van der Waals surface area contributed by atoms with Gasteiger partial charge in [-0.05, 0) is 40.5 Å². The summed E-state index contributed by atoms with van der Waals surface area (Å²) in [6.45, 7) is 12.3. The molecular weight excluding hydrogens is 382 g/mol. The van der Waals surface area contributed by atoms with Crippen molar-refractivity contribution in [2.75, 3.05) is 12.4 Å². The van der Waals surface area contributed by atoms with Crippen LogP contribution in [0.1, 0.15) is 64.1 Å². The van der Waals surface area contributed by atoms with Gasteiger partial charge < -0.3 is 10.2 Å². The highest BCUT2D eigenvalue weighted by Gasteiger charge is 2.17. The lowest BCUT2D eigenvalue weighted by molar-refractivity contribution is 0.112. The maximum absolute atomic E-state index is 11.5. The average molecular weight is 416 g/mol. The number of hydrogen-bond acceptors (Lipinski definition) is 6. The lowest BCUT2D eigenvalue weighted by Gasteiger charge is -2.14. The van der Waals surface area contributed by atoms with Crippen molar-refractivity contribution < 1.29 is 4.79 Å². The third-order valence-electron chi connectivity index (χ3n) is 4.40. The van der Waals surface area contributed by atoms with Crippen LogP contribution in [0.25, 0.3) is 10.2 Å². The minimum Gasteiger partial charge on any atom is -0.367 e. The van der Waals surface area contributed by atoms with E-state index < -0.39 is 0 Å². The van der Waals surface area contributed by atoms with Crippen molar-refractivity contribution in [3.63, 3.8) is 0 Å². The normalized spacial score (nSPS) is 12.9. The summed E-state index contributed by atoms with van der Waals surface area (Å²) in [5, 5.41) is 4.17. The zero-order valence-electron chi connectivity index (χ0n) is 18.6. The molecule has 0 spiro atoms. The van der Waals surface area contributed by atoms with Crippen molar-refractivity contribution in [3.8, 4) is 0 Å². The summed E-state index contributed by atoms with van der Waals surface area (Å²) in [5.41, 5.74) is 1.69. The number of thiophene rings is 1. The fraction of sp³-hybridized carbons (Fsp3) is 0.455. The Hall–Kier alpha value is -2.54. The first-order valence-electron chi connectivity index (χ1n) is 9.93. The first-order valence-corrected chi connectivity index (χ1v) is 10.7. The molecule has 0 aromatic carbocycles. The van der Waals surface area contributed by atoms with Gasteiger partial charge in [-0.3, -0.25) is 4.79 Å². The number of aldehydes is 1. The van der Waals surface area contributed by atoms with Crippen LogP contribution in [0.15, 0.2) is 35.2 Å². The van der Waals surface area contributed by atoms with Gasteiger partial charge in [0.25, 0.3) is 0 Å². The van der Waals surface area contributed by atoms with Crippen LogP contribution in [0.5, 0.6) is 0 Å². The van der Waals surface area contributed by atoms with Crippen LogP contribution >= 0.6 is 11.3 Å². The average Bonchev–Trinajstić information content (AvgIpc) is 3.10. The Bertz CT molecular complexity index is 869. The lowest BCUT2D eigenvalue weighted by atomic mass is 10.2. The molecule has 0 saturated heterocycles. The highest BCUT2D eigenvalue weighted by Crippen LogP contribution is 2.39. The van der Waals surface area contributed by atoms with Crippen LogP contribution in [0.2, 0.25) is 0 Å². The number of rotatable bonds is 8. The number of aliphatic imine (C=N–C) groups is 1. The van der Waals surface area contributed by atoms with Gasteiger partial charge in [-0.15, -0.1) is 11.3 Å². The molecule has 0 radical (unpaired) electrons. The molecule has 1 N–H and O–H groups in total. The number of hydrogen-bond donors (Lipinski definition) is 1. The van der Waals surface area contributed by atoms with E-state index in [-0.39, 0.29) is 6.04 Å². The quantitative estimate of drug-likeness (QED) is 0.240. The first-order chi connectivity index (χ1) is 13.9. The molecule has 2 aromatic heterocycles. The van der Waals surface area contributed by atoms with Crippen LogP contribution < -0.4 is 5.32 Å². The third kappa shape index (κ3) is 7.09. The highest BCUT2D eigenvalue weighted by molar-refractivity contribution is 7.21. The maximum Gasteiger partial charge on any atom is 0.162 e. The molecule has 2 heterocycles. The molecule has 29 heavy (non-hydrogen) atoms. The van der Waals surface area contributed by atoms with Gasteiger partial charge in [0.05, 0.1) is 22.3 Å². The largest absolute Gasteiger partial charge is 0.367 e. The van der Waals surface area contributed by atoms with E-state index in [2.05, 4.69) is 53.2 Å². The van der Waals surface area contributed by atoms with Crippen LogP contribution in [0.3, 0.4) is 0 Å². The van der Waals surface area contributed by atoms with Gasteiger partial charge in [-0.25, -0.2) is 15.0 Å². The summed E-state index contributed by atoms with van der Waals surface area (Å²) in [6, 6.07) is 0.271. The number of nitrogens with one attached hydrogen (secondary N) is 1. The van der Waals surface area contributed by atoms with Crippen molar-refractivity contribution in [1.82, 2.24) is 14.9 Å². The van der Waals surface area contributed by atoms with Gasteiger partial charge >= 0.3 is 0 Å². The Morgan fingerprint density at radius 3 is 2.59 bits per heavy atom. The van der Waals surface area contributed by atoms with E-state index in [1.54, 1.807) is 6.34 Å². The predicted molar refractivity (Wildman–Crippen MR) is 127 cm³/mol. The SMILES string of the molecule is C/C=C(\C)N(C)C=Nc1c(C=O)sc2ncnc(NC(C)CC)c12.C/C=C\CC. The van der Waals surface area contributed by atoms with E-state index in [0.29, 0.717) is 10.6 Å². The monoisotopic (exact) mass is 415 g/mol. The Balaban J connectivity index is 0.000000749. The standard InChI is InChI=1S/C17H23N5OS.C5H10/c1-6-11(3)21-16-14-15(20-10-22(5)12(4)7-2)13(8-23)24-17(14)19-9-18-16;1-3-5-4-2/h7-11H,6H2,1-5H3,(H,18,19,21);3,5H,4H2,1-2H3/b12-7+,20-10?;5-3-. The zero-order valence-corrected chi connectivity index (χ0v) is 19.4. The van der Waals surface area contributed by atoms with E-state index in [1.165, 1.54) is 17.7 Å². The second-order valence-corrected chi connectivity index (χ2v) is 7.58. The molecule has 0 aliphatic carbocycles. The Morgan fingerprint density at radius 2 is 2.07 bits per heavy atom. The van der Waals surface area contributed by atoms with Crippen molar-refractivity contribution in [2.24, 2.45) is 4.99 Å². The minimum atomic E-state index is 0.271. The highest BCUT2D eigenvalue weighted by atomic mass is 32.1. The number of allylic oxidation sites excluding steroid dienone is 4. The third-order valence-corrected chi connectivity index (χ3v) is 5.41. The summed E-state index contributed by atoms with van der Waals surface area (Å²) in [6.07, 6.45) is 12.4. The molecule has 0 fully saturated rings. The predicted octanol–water partition coefficient (Wildman–Crippen LogP) is 6.20. The van der Waals surface area contributed by atoms with E-state index >= 15 is 0 Å². The Morgan fingerprint density at radius 1 is 1.34 bits per heavy atom. The molecule has 0 aliphatic rings. The van der Waals surface area contributed by atoms with Gasteiger partial charge in [0.1, 0.15) is 17.0 Å². The summed E-state index contributed by atoms with van der Waals surface area (Å²) < 4.78 is 0.